The number of rotatable bonds is 2. The van der Waals surface area contributed by atoms with Crippen molar-refractivity contribution in [2.24, 2.45) is 5.92 Å². The molecule has 1 heterocycles. The summed E-state index contributed by atoms with van der Waals surface area (Å²) in [5.41, 5.74) is 2.51. The molecule has 16 heavy (non-hydrogen) atoms. The average molecular weight is 218 g/mol. The summed E-state index contributed by atoms with van der Waals surface area (Å²) in [7, 11) is 0. The molecule has 2 unspecified atom stereocenters. The van der Waals surface area contributed by atoms with E-state index in [4.69, 9.17) is 0 Å². The number of hydrogen-bond donors (Lipinski definition) is 1. The van der Waals surface area contributed by atoms with Crippen LogP contribution in [0.3, 0.4) is 0 Å². The highest BCUT2D eigenvalue weighted by atomic mass is 14.9. The van der Waals surface area contributed by atoms with Crippen LogP contribution >= 0.6 is 0 Å². The Balaban J connectivity index is 2.05. The smallest absolute Gasteiger partial charge is 0.0403 e. The predicted octanol–water partition coefficient (Wildman–Crippen LogP) is 3.77. The molecule has 0 saturated heterocycles. The van der Waals surface area contributed by atoms with Gasteiger partial charge in [-0.15, -0.1) is 0 Å². The molecule has 1 fully saturated rings. The third-order valence-corrected chi connectivity index (χ3v) is 3.72. The molecule has 2 nitrogen and oxygen atoms in total. The fourth-order valence-corrected chi connectivity index (χ4v) is 2.54. The lowest BCUT2D eigenvalue weighted by Crippen LogP contribution is -2.26. The van der Waals surface area contributed by atoms with Crippen LogP contribution in [0, 0.1) is 12.8 Å². The standard InChI is InChI=1S/C14H22N2/c1-11-6-4-3-5-7-13(11)16-14-8-9-15-10-12(14)2/h8-11,13H,3-7H2,1-2H3,(H,15,16). The maximum absolute atomic E-state index is 4.14. The van der Waals surface area contributed by atoms with Gasteiger partial charge in [0.25, 0.3) is 0 Å². The quantitative estimate of drug-likeness (QED) is 0.764. The Morgan fingerprint density at radius 1 is 1.25 bits per heavy atom. The Bertz CT molecular complexity index is 335. The molecule has 1 N–H and O–H groups in total. The lowest BCUT2D eigenvalue weighted by Gasteiger charge is -2.24. The van der Waals surface area contributed by atoms with Crippen molar-refractivity contribution in [2.75, 3.05) is 5.32 Å². The molecule has 1 aliphatic rings. The molecule has 1 aromatic heterocycles. The third-order valence-electron chi connectivity index (χ3n) is 3.72. The van der Waals surface area contributed by atoms with E-state index < -0.39 is 0 Å². The SMILES string of the molecule is Cc1cnccc1NC1CCCCCC1C. The number of nitrogens with one attached hydrogen (secondary N) is 1. The number of nitrogens with zero attached hydrogens (tertiary/aromatic N) is 1. The summed E-state index contributed by atoms with van der Waals surface area (Å²) in [5, 5.41) is 3.70. The number of aromatic nitrogens is 1. The second-order valence-corrected chi connectivity index (χ2v) is 5.06. The van der Waals surface area contributed by atoms with Crippen LogP contribution in [0.15, 0.2) is 18.5 Å². The minimum absolute atomic E-state index is 0.642. The number of anilines is 1. The molecule has 2 rings (SSSR count). The minimum Gasteiger partial charge on any atom is -0.382 e. The van der Waals surface area contributed by atoms with E-state index in [0.29, 0.717) is 6.04 Å². The van der Waals surface area contributed by atoms with Crippen molar-refractivity contribution in [3.8, 4) is 0 Å². The first-order valence-electron chi connectivity index (χ1n) is 6.44. The van der Waals surface area contributed by atoms with E-state index in [1.165, 1.54) is 43.4 Å². The zero-order chi connectivity index (χ0) is 11.4. The Morgan fingerprint density at radius 2 is 2.06 bits per heavy atom. The molecule has 2 atom stereocenters. The van der Waals surface area contributed by atoms with Crippen molar-refractivity contribution in [1.29, 1.82) is 0 Å². The highest BCUT2D eigenvalue weighted by molar-refractivity contribution is 5.49. The maximum atomic E-state index is 4.14. The second kappa shape index (κ2) is 5.33. The van der Waals surface area contributed by atoms with Gasteiger partial charge in [-0.05, 0) is 37.3 Å². The van der Waals surface area contributed by atoms with Gasteiger partial charge in [0.2, 0.25) is 0 Å². The van der Waals surface area contributed by atoms with Crippen LogP contribution in [0.25, 0.3) is 0 Å². The summed E-state index contributed by atoms with van der Waals surface area (Å²) in [5.74, 6) is 0.787. The topological polar surface area (TPSA) is 24.9 Å². The molecule has 0 radical (unpaired) electrons. The first-order chi connectivity index (χ1) is 7.77. The van der Waals surface area contributed by atoms with Crippen LogP contribution in [-0.4, -0.2) is 11.0 Å². The highest BCUT2D eigenvalue weighted by Gasteiger charge is 2.19. The fraction of sp³-hybridized carbons (Fsp3) is 0.643. The van der Waals surface area contributed by atoms with Crippen molar-refractivity contribution in [3.05, 3.63) is 24.0 Å². The van der Waals surface area contributed by atoms with Crippen molar-refractivity contribution in [1.82, 2.24) is 4.98 Å². The number of pyridine rings is 1. The molecular formula is C14H22N2. The molecule has 1 aliphatic carbocycles. The minimum atomic E-state index is 0.642. The summed E-state index contributed by atoms with van der Waals surface area (Å²) < 4.78 is 0. The van der Waals surface area contributed by atoms with E-state index in [2.05, 4.69) is 30.2 Å². The molecule has 2 heteroatoms. The van der Waals surface area contributed by atoms with Gasteiger partial charge in [0.05, 0.1) is 0 Å². The summed E-state index contributed by atoms with van der Waals surface area (Å²) in [6, 6.07) is 2.73. The van der Waals surface area contributed by atoms with Crippen molar-refractivity contribution < 1.29 is 0 Å². The van der Waals surface area contributed by atoms with Crippen LogP contribution < -0.4 is 5.32 Å². The summed E-state index contributed by atoms with van der Waals surface area (Å²) in [6.07, 6.45) is 10.6. The number of aryl methyl sites for hydroxylation is 1. The van der Waals surface area contributed by atoms with Crippen LogP contribution in [0.2, 0.25) is 0 Å². The van der Waals surface area contributed by atoms with Crippen LogP contribution in [0.1, 0.15) is 44.6 Å². The second-order valence-electron chi connectivity index (χ2n) is 5.06. The predicted molar refractivity (Wildman–Crippen MR) is 68.6 cm³/mol. The molecule has 0 aliphatic heterocycles. The van der Waals surface area contributed by atoms with Gasteiger partial charge in [-0.3, -0.25) is 4.98 Å². The molecule has 1 saturated carbocycles. The summed E-state index contributed by atoms with van der Waals surface area (Å²) in [6.45, 7) is 4.50. The summed E-state index contributed by atoms with van der Waals surface area (Å²) >= 11 is 0. The highest BCUT2D eigenvalue weighted by Crippen LogP contribution is 2.26. The first-order valence-corrected chi connectivity index (χ1v) is 6.44. The Labute approximate surface area is 98.5 Å². The van der Waals surface area contributed by atoms with E-state index in [1.807, 2.05) is 12.4 Å². The van der Waals surface area contributed by atoms with Gasteiger partial charge in [-0.25, -0.2) is 0 Å². The van der Waals surface area contributed by atoms with Gasteiger partial charge < -0.3 is 5.32 Å². The van der Waals surface area contributed by atoms with Crippen molar-refractivity contribution in [3.63, 3.8) is 0 Å². The van der Waals surface area contributed by atoms with Gasteiger partial charge in [0.1, 0.15) is 0 Å². The van der Waals surface area contributed by atoms with Gasteiger partial charge in [0, 0.05) is 24.1 Å². The van der Waals surface area contributed by atoms with Gasteiger partial charge >= 0.3 is 0 Å². The average Bonchev–Trinajstić information content (AvgIpc) is 2.48. The van der Waals surface area contributed by atoms with E-state index in [9.17, 15) is 0 Å². The zero-order valence-electron chi connectivity index (χ0n) is 10.4. The van der Waals surface area contributed by atoms with Crippen LogP contribution in [0.5, 0.6) is 0 Å². The van der Waals surface area contributed by atoms with Crippen molar-refractivity contribution >= 4 is 5.69 Å². The monoisotopic (exact) mass is 218 g/mol. The lowest BCUT2D eigenvalue weighted by atomic mass is 9.96. The maximum Gasteiger partial charge on any atom is 0.0403 e. The van der Waals surface area contributed by atoms with Crippen molar-refractivity contribution in [2.45, 2.75) is 52.0 Å². The van der Waals surface area contributed by atoms with Gasteiger partial charge in [0.15, 0.2) is 0 Å². The summed E-state index contributed by atoms with van der Waals surface area (Å²) in [4.78, 5) is 4.14. The number of hydrogen-bond acceptors (Lipinski definition) is 2. The molecular weight excluding hydrogens is 196 g/mol. The molecule has 0 spiro atoms. The molecule has 0 amide bonds. The van der Waals surface area contributed by atoms with Gasteiger partial charge in [-0.1, -0.05) is 26.2 Å². The Kier molecular flexibility index (Phi) is 3.81. The lowest BCUT2D eigenvalue weighted by molar-refractivity contribution is 0.456. The first kappa shape index (κ1) is 11.4. The van der Waals surface area contributed by atoms with E-state index in [0.717, 1.165) is 5.92 Å². The molecule has 88 valence electrons. The molecule has 0 aromatic carbocycles. The van der Waals surface area contributed by atoms with E-state index >= 15 is 0 Å². The van der Waals surface area contributed by atoms with Gasteiger partial charge in [-0.2, -0.15) is 0 Å². The van der Waals surface area contributed by atoms with E-state index in [-0.39, 0.29) is 0 Å². The fourth-order valence-electron chi connectivity index (χ4n) is 2.54. The van der Waals surface area contributed by atoms with E-state index in [1.54, 1.807) is 0 Å². The Hall–Kier alpha value is -1.05. The largest absolute Gasteiger partial charge is 0.382 e. The molecule has 0 bridgehead atoms. The Morgan fingerprint density at radius 3 is 2.88 bits per heavy atom. The van der Waals surface area contributed by atoms with Crippen LogP contribution in [-0.2, 0) is 0 Å². The zero-order valence-corrected chi connectivity index (χ0v) is 10.4. The molecule has 1 aromatic rings. The van der Waals surface area contributed by atoms with Crippen LogP contribution in [0.4, 0.5) is 5.69 Å². The third kappa shape index (κ3) is 2.75. The normalized spacial score (nSPS) is 26.1.